The molecule has 8 nitrogen and oxygen atoms in total. The monoisotopic (exact) mass is 438 g/mol. The fourth-order valence-corrected chi connectivity index (χ4v) is 3.98. The molecule has 0 bridgehead atoms. The predicted octanol–water partition coefficient (Wildman–Crippen LogP) is 3.67. The molecule has 1 aliphatic carbocycles. The van der Waals surface area contributed by atoms with Gasteiger partial charge in [0.1, 0.15) is 12.4 Å². The number of nitro groups is 1. The van der Waals surface area contributed by atoms with E-state index in [0.29, 0.717) is 23.3 Å². The van der Waals surface area contributed by atoms with Gasteiger partial charge < -0.3 is 4.90 Å². The second kappa shape index (κ2) is 8.86. The van der Waals surface area contributed by atoms with Crippen molar-refractivity contribution in [1.82, 2.24) is 9.91 Å². The van der Waals surface area contributed by atoms with E-state index in [4.69, 9.17) is 0 Å². The van der Waals surface area contributed by atoms with Crippen molar-refractivity contribution in [2.45, 2.75) is 31.7 Å². The molecule has 0 unspecified atom stereocenters. The molecule has 2 amide bonds. The molecule has 4 rings (SSSR count). The first-order valence-corrected chi connectivity index (χ1v) is 10.5. The zero-order valence-electron chi connectivity index (χ0n) is 17.6. The molecule has 1 aliphatic heterocycles. The summed E-state index contributed by atoms with van der Waals surface area (Å²) in [6.07, 6.45) is 3.01. The molecule has 1 fully saturated rings. The third-order valence-corrected chi connectivity index (χ3v) is 6.01. The van der Waals surface area contributed by atoms with E-state index in [1.165, 1.54) is 34.2 Å². The van der Waals surface area contributed by atoms with E-state index in [-0.39, 0.29) is 35.8 Å². The number of carbonyl (C=O) groups is 2. The van der Waals surface area contributed by atoms with Crippen molar-refractivity contribution in [3.05, 3.63) is 75.6 Å². The van der Waals surface area contributed by atoms with E-state index in [9.17, 15) is 24.1 Å². The van der Waals surface area contributed by atoms with Gasteiger partial charge in [-0.3, -0.25) is 19.7 Å². The van der Waals surface area contributed by atoms with Crippen LogP contribution in [0.25, 0.3) is 0 Å². The number of nitro benzene ring substituents is 1. The van der Waals surface area contributed by atoms with Gasteiger partial charge in [0.05, 0.1) is 16.7 Å². The number of halogens is 1. The molecule has 0 N–H and O–H groups in total. The highest BCUT2D eigenvalue weighted by Crippen LogP contribution is 2.34. The Labute approximate surface area is 184 Å². The van der Waals surface area contributed by atoms with Crippen LogP contribution in [-0.2, 0) is 9.59 Å². The summed E-state index contributed by atoms with van der Waals surface area (Å²) < 4.78 is 13.4. The highest BCUT2D eigenvalue weighted by molar-refractivity contribution is 6.03. The van der Waals surface area contributed by atoms with Gasteiger partial charge in [-0.1, -0.05) is 30.7 Å². The van der Waals surface area contributed by atoms with Gasteiger partial charge in [-0.05, 0) is 36.1 Å². The Hall–Kier alpha value is -3.62. The molecule has 2 aromatic carbocycles. The van der Waals surface area contributed by atoms with Crippen LogP contribution in [0.3, 0.4) is 0 Å². The Balaban J connectivity index is 1.61. The molecule has 2 aliphatic rings. The number of hydrazone groups is 1. The molecule has 1 heterocycles. The summed E-state index contributed by atoms with van der Waals surface area (Å²) >= 11 is 0. The van der Waals surface area contributed by atoms with E-state index in [2.05, 4.69) is 5.10 Å². The Bertz CT molecular complexity index is 1080. The second-order valence-electron chi connectivity index (χ2n) is 8.19. The summed E-state index contributed by atoms with van der Waals surface area (Å²) in [6, 6.07) is 11.3. The SMILES string of the molecule is CN(CC(=O)N1N=C(c2ccc(F)cc2)C[C@H]1c1cccc([N+](=O)[O-])c1)C(=O)C1CCC1. The lowest BCUT2D eigenvalue weighted by atomic mass is 9.84. The molecular weight excluding hydrogens is 415 g/mol. The summed E-state index contributed by atoms with van der Waals surface area (Å²) in [5.41, 5.74) is 1.72. The summed E-state index contributed by atoms with van der Waals surface area (Å²) in [6.45, 7) is -0.138. The van der Waals surface area contributed by atoms with Crippen LogP contribution in [0.4, 0.5) is 10.1 Å². The van der Waals surface area contributed by atoms with Crippen LogP contribution in [0.2, 0.25) is 0 Å². The molecule has 1 atom stereocenters. The maximum Gasteiger partial charge on any atom is 0.269 e. The van der Waals surface area contributed by atoms with Crippen LogP contribution in [0.1, 0.15) is 42.9 Å². The van der Waals surface area contributed by atoms with Gasteiger partial charge in [-0.15, -0.1) is 0 Å². The molecule has 0 spiro atoms. The number of hydrogen-bond donors (Lipinski definition) is 0. The highest BCUT2D eigenvalue weighted by atomic mass is 19.1. The lowest BCUT2D eigenvalue weighted by Gasteiger charge is -2.30. The Morgan fingerprint density at radius 3 is 2.56 bits per heavy atom. The van der Waals surface area contributed by atoms with Crippen molar-refractivity contribution in [2.75, 3.05) is 13.6 Å². The zero-order chi connectivity index (χ0) is 22.8. The molecule has 0 aromatic heterocycles. The van der Waals surface area contributed by atoms with Gasteiger partial charge in [-0.25, -0.2) is 9.40 Å². The molecule has 9 heteroatoms. The Morgan fingerprint density at radius 1 is 1.22 bits per heavy atom. The second-order valence-corrected chi connectivity index (χ2v) is 8.19. The highest BCUT2D eigenvalue weighted by Gasteiger charge is 2.35. The minimum atomic E-state index is -0.561. The molecule has 32 heavy (non-hydrogen) atoms. The van der Waals surface area contributed by atoms with Crippen molar-refractivity contribution < 1.29 is 18.9 Å². The van der Waals surface area contributed by atoms with E-state index < -0.39 is 11.0 Å². The van der Waals surface area contributed by atoms with Crippen LogP contribution in [0.15, 0.2) is 53.6 Å². The summed E-state index contributed by atoms with van der Waals surface area (Å²) in [7, 11) is 1.60. The number of benzene rings is 2. The number of rotatable bonds is 6. The van der Waals surface area contributed by atoms with Crippen molar-refractivity contribution in [2.24, 2.45) is 11.0 Å². The third-order valence-electron chi connectivity index (χ3n) is 6.01. The molecule has 0 saturated heterocycles. The molecule has 0 radical (unpaired) electrons. The summed E-state index contributed by atoms with van der Waals surface area (Å²) in [4.78, 5) is 37.8. The minimum absolute atomic E-state index is 0.0303. The van der Waals surface area contributed by atoms with Crippen molar-refractivity contribution in [3.63, 3.8) is 0 Å². The first kappa shape index (κ1) is 21.6. The van der Waals surface area contributed by atoms with Crippen LogP contribution in [-0.4, -0.2) is 46.0 Å². The first-order chi connectivity index (χ1) is 15.3. The lowest BCUT2D eigenvalue weighted by molar-refractivity contribution is -0.385. The normalized spacial score (nSPS) is 18.1. The third kappa shape index (κ3) is 4.37. The van der Waals surface area contributed by atoms with Crippen molar-refractivity contribution in [3.8, 4) is 0 Å². The smallest absolute Gasteiger partial charge is 0.269 e. The van der Waals surface area contributed by atoms with Gasteiger partial charge in [0.2, 0.25) is 5.91 Å². The minimum Gasteiger partial charge on any atom is -0.336 e. The van der Waals surface area contributed by atoms with Crippen LogP contribution >= 0.6 is 0 Å². The number of likely N-dealkylation sites (N-methyl/N-ethyl adjacent to an activating group) is 1. The Morgan fingerprint density at radius 2 is 1.94 bits per heavy atom. The van der Waals surface area contributed by atoms with Gasteiger partial charge in [0.25, 0.3) is 11.6 Å². The Kier molecular flexibility index (Phi) is 5.98. The largest absolute Gasteiger partial charge is 0.336 e. The maximum atomic E-state index is 13.4. The number of nitrogens with zero attached hydrogens (tertiary/aromatic N) is 4. The van der Waals surface area contributed by atoms with Crippen LogP contribution < -0.4 is 0 Å². The molecule has 166 valence electrons. The van der Waals surface area contributed by atoms with Crippen molar-refractivity contribution in [1.29, 1.82) is 0 Å². The standard InChI is InChI=1S/C23H23FN4O4/c1-26(23(30)16-4-2-5-16)14-22(29)27-21(17-6-3-7-19(12-17)28(31)32)13-20(25-27)15-8-10-18(24)11-9-15/h3,6-12,16,21H,2,4-5,13-14H2,1H3/t21-/m0/s1. The summed E-state index contributed by atoms with van der Waals surface area (Å²) in [5.74, 6) is -0.851. The lowest BCUT2D eigenvalue weighted by Crippen LogP contribution is -2.42. The molecular formula is C23H23FN4O4. The van der Waals surface area contributed by atoms with Gasteiger partial charge in [0, 0.05) is 31.5 Å². The van der Waals surface area contributed by atoms with Gasteiger partial charge in [-0.2, -0.15) is 5.10 Å². The zero-order valence-corrected chi connectivity index (χ0v) is 17.6. The molecule has 1 saturated carbocycles. The van der Waals surface area contributed by atoms with E-state index in [1.54, 1.807) is 31.3 Å². The van der Waals surface area contributed by atoms with E-state index in [1.807, 2.05) is 0 Å². The number of carbonyl (C=O) groups excluding carboxylic acids is 2. The quantitative estimate of drug-likeness (QED) is 0.508. The average Bonchev–Trinajstić information content (AvgIpc) is 3.18. The predicted molar refractivity (Wildman–Crippen MR) is 115 cm³/mol. The molecule has 2 aromatic rings. The van der Waals surface area contributed by atoms with Crippen molar-refractivity contribution >= 4 is 23.2 Å². The van der Waals surface area contributed by atoms with E-state index in [0.717, 1.165) is 19.3 Å². The number of amides is 2. The average molecular weight is 438 g/mol. The van der Waals surface area contributed by atoms with Gasteiger partial charge >= 0.3 is 0 Å². The number of non-ortho nitro benzene ring substituents is 1. The maximum absolute atomic E-state index is 13.4. The fraction of sp³-hybridized carbons (Fsp3) is 0.348. The van der Waals surface area contributed by atoms with Gasteiger partial charge in [0.15, 0.2) is 0 Å². The topological polar surface area (TPSA) is 96.1 Å². The van der Waals surface area contributed by atoms with Crippen LogP contribution in [0, 0.1) is 21.8 Å². The summed E-state index contributed by atoms with van der Waals surface area (Å²) in [5, 5.41) is 17.0. The van der Waals surface area contributed by atoms with Crippen LogP contribution in [0.5, 0.6) is 0 Å². The number of hydrogen-bond acceptors (Lipinski definition) is 5. The fourth-order valence-electron chi connectivity index (χ4n) is 3.98. The van der Waals surface area contributed by atoms with E-state index >= 15 is 0 Å². The first-order valence-electron chi connectivity index (χ1n) is 10.5.